The van der Waals surface area contributed by atoms with Crippen LogP contribution in [0.1, 0.15) is 24.3 Å². The Morgan fingerprint density at radius 2 is 1.96 bits per heavy atom. The van der Waals surface area contributed by atoms with E-state index in [-0.39, 0.29) is 11.7 Å². The van der Waals surface area contributed by atoms with Crippen molar-refractivity contribution >= 4 is 5.78 Å². The Labute approximate surface area is 147 Å². The third kappa shape index (κ3) is 2.63. The number of rotatable bonds is 6. The fourth-order valence-corrected chi connectivity index (χ4v) is 4.30. The molecule has 134 valence electrons. The lowest BCUT2D eigenvalue weighted by Crippen LogP contribution is -2.40. The second kappa shape index (κ2) is 6.56. The number of aliphatic hydroxyl groups excluding tert-OH is 1. The highest BCUT2D eigenvalue weighted by molar-refractivity contribution is 5.98. The van der Waals surface area contributed by atoms with Gasteiger partial charge in [0.2, 0.25) is 5.78 Å². The topological polar surface area (TPSA) is 65.0 Å². The van der Waals surface area contributed by atoms with Crippen LogP contribution in [0.15, 0.2) is 42.7 Å². The Morgan fingerprint density at radius 3 is 2.56 bits per heavy atom. The first-order chi connectivity index (χ1) is 12.0. The van der Waals surface area contributed by atoms with Crippen molar-refractivity contribution in [3.8, 4) is 11.5 Å². The van der Waals surface area contributed by atoms with Crippen LogP contribution in [0.2, 0.25) is 0 Å². The van der Waals surface area contributed by atoms with Crippen LogP contribution in [0.25, 0.3) is 0 Å². The summed E-state index contributed by atoms with van der Waals surface area (Å²) in [6.45, 7) is 3.82. The lowest BCUT2D eigenvalue weighted by Gasteiger charge is -2.34. The third-order valence-electron chi connectivity index (χ3n) is 5.51. The summed E-state index contributed by atoms with van der Waals surface area (Å²) in [5.41, 5.74) is 0.426. The minimum atomic E-state index is -0.755. The quantitative estimate of drug-likeness (QED) is 0.804. The predicted octanol–water partition coefficient (Wildman–Crippen LogP) is 2.84. The van der Waals surface area contributed by atoms with E-state index in [0.29, 0.717) is 30.1 Å². The molecule has 0 saturated heterocycles. The van der Waals surface area contributed by atoms with E-state index in [0.717, 1.165) is 5.56 Å². The van der Waals surface area contributed by atoms with E-state index in [4.69, 9.17) is 14.2 Å². The molecule has 25 heavy (non-hydrogen) atoms. The maximum absolute atomic E-state index is 12.8. The van der Waals surface area contributed by atoms with Crippen LogP contribution in [0.4, 0.5) is 0 Å². The average molecular weight is 344 g/mol. The molecule has 4 atom stereocenters. The molecule has 2 aliphatic rings. The highest BCUT2D eigenvalue weighted by Crippen LogP contribution is 2.57. The number of hydrogen-bond donors (Lipinski definition) is 1. The molecule has 0 heterocycles. The maximum Gasteiger partial charge on any atom is 0.203 e. The molecule has 1 aromatic carbocycles. The number of aliphatic hydroxyl groups is 1. The summed E-state index contributed by atoms with van der Waals surface area (Å²) in [5, 5.41) is 10.9. The Morgan fingerprint density at radius 1 is 1.24 bits per heavy atom. The number of ether oxygens (including phenoxy) is 3. The molecule has 1 aromatic rings. The highest BCUT2D eigenvalue weighted by Gasteiger charge is 2.58. The van der Waals surface area contributed by atoms with Crippen LogP contribution in [-0.2, 0) is 9.53 Å². The van der Waals surface area contributed by atoms with Crippen LogP contribution in [0, 0.1) is 11.3 Å². The first-order valence-corrected chi connectivity index (χ1v) is 8.33. The Bertz CT molecular complexity index is 723. The van der Waals surface area contributed by atoms with Crippen LogP contribution in [0.3, 0.4) is 0 Å². The van der Waals surface area contributed by atoms with E-state index in [9.17, 15) is 9.90 Å². The summed E-state index contributed by atoms with van der Waals surface area (Å²) in [6, 6.07) is 5.65. The zero-order valence-corrected chi connectivity index (χ0v) is 14.8. The van der Waals surface area contributed by atoms with Crippen LogP contribution in [-0.4, -0.2) is 38.3 Å². The number of ketones is 1. The molecule has 0 spiro atoms. The van der Waals surface area contributed by atoms with Crippen molar-refractivity contribution in [3.63, 3.8) is 0 Å². The minimum Gasteiger partial charge on any atom is -0.493 e. The van der Waals surface area contributed by atoms with Crippen LogP contribution >= 0.6 is 0 Å². The Hall–Kier alpha value is -2.27. The molecule has 2 bridgehead atoms. The van der Waals surface area contributed by atoms with Crippen molar-refractivity contribution in [2.45, 2.75) is 24.9 Å². The fraction of sp³-hybridized carbons (Fsp3) is 0.450. The van der Waals surface area contributed by atoms with Gasteiger partial charge in [-0.25, -0.2) is 0 Å². The zero-order valence-electron chi connectivity index (χ0n) is 14.8. The van der Waals surface area contributed by atoms with Crippen molar-refractivity contribution in [1.82, 2.24) is 0 Å². The summed E-state index contributed by atoms with van der Waals surface area (Å²) >= 11 is 0. The summed E-state index contributed by atoms with van der Waals surface area (Å²) in [5.74, 6) is 0.785. The SMILES string of the molecule is C=CC[C@]12C=C(OC)C(=O)[C@H]([C@@H](c3ccc(OC)c(OC)c3)C1)[C@@H]2O. The molecular weight excluding hydrogens is 320 g/mol. The second-order valence-electron chi connectivity index (χ2n) is 6.70. The molecule has 1 N–H and O–H groups in total. The van der Waals surface area contributed by atoms with Crippen LogP contribution in [0.5, 0.6) is 11.5 Å². The Kier molecular flexibility index (Phi) is 4.60. The van der Waals surface area contributed by atoms with Crippen molar-refractivity contribution in [2.24, 2.45) is 11.3 Å². The number of hydrogen-bond acceptors (Lipinski definition) is 5. The molecule has 0 aromatic heterocycles. The van der Waals surface area contributed by atoms with Gasteiger partial charge in [0, 0.05) is 5.41 Å². The van der Waals surface area contributed by atoms with Crippen molar-refractivity contribution in [1.29, 1.82) is 0 Å². The molecule has 1 saturated carbocycles. The number of fused-ring (bicyclic) bond motifs is 2. The monoisotopic (exact) mass is 344 g/mol. The smallest absolute Gasteiger partial charge is 0.203 e. The van der Waals surface area contributed by atoms with Gasteiger partial charge in [-0.05, 0) is 42.5 Å². The van der Waals surface area contributed by atoms with Crippen LogP contribution < -0.4 is 9.47 Å². The minimum absolute atomic E-state index is 0.119. The largest absolute Gasteiger partial charge is 0.493 e. The number of carbonyl (C=O) groups is 1. The maximum atomic E-state index is 12.8. The summed E-state index contributed by atoms with van der Waals surface area (Å²) < 4.78 is 16.0. The normalized spacial score (nSPS) is 30.6. The number of carbonyl (C=O) groups excluding carboxylic acids is 1. The number of methoxy groups -OCH3 is 3. The first-order valence-electron chi connectivity index (χ1n) is 8.33. The van der Waals surface area contributed by atoms with Crippen molar-refractivity contribution in [3.05, 3.63) is 48.3 Å². The van der Waals surface area contributed by atoms with E-state index < -0.39 is 17.4 Å². The molecule has 2 aliphatic carbocycles. The van der Waals surface area contributed by atoms with Gasteiger partial charge in [-0.1, -0.05) is 12.1 Å². The molecule has 3 rings (SSSR count). The van der Waals surface area contributed by atoms with Gasteiger partial charge in [0.15, 0.2) is 17.3 Å². The van der Waals surface area contributed by atoms with E-state index in [1.54, 1.807) is 26.4 Å². The molecule has 0 radical (unpaired) electrons. The van der Waals surface area contributed by atoms with Gasteiger partial charge in [-0.15, -0.1) is 6.58 Å². The first kappa shape index (κ1) is 17.5. The molecular formula is C20H24O5. The molecule has 0 unspecified atom stereocenters. The summed E-state index contributed by atoms with van der Waals surface area (Å²) in [7, 11) is 4.66. The van der Waals surface area contributed by atoms with E-state index in [1.165, 1.54) is 7.11 Å². The highest BCUT2D eigenvalue weighted by atomic mass is 16.5. The van der Waals surface area contributed by atoms with E-state index in [2.05, 4.69) is 6.58 Å². The molecule has 1 fully saturated rings. The molecule has 5 nitrogen and oxygen atoms in total. The van der Waals surface area contributed by atoms with Gasteiger partial charge in [0.25, 0.3) is 0 Å². The van der Waals surface area contributed by atoms with Crippen molar-refractivity contribution < 1.29 is 24.1 Å². The van der Waals surface area contributed by atoms with Gasteiger partial charge in [0.1, 0.15) is 0 Å². The Balaban J connectivity index is 2.06. The van der Waals surface area contributed by atoms with Crippen molar-refractivity contribution in [2.75, 3.05) is 21.3 Å². The number of allylic oxidation sites excluding steroid dienone is 2. The standard InChI is InChI=1S/C20H24O5/c1-5-8-20-10-13(12-6-7-14(23-2)15(9-12)24-3)17(19(20)22)18(21)16(11-20)25-4/h5-7,9,11,13,17,19,22H,1,8,10H2,2-4H3/t13-,17+,19+,20-/m1/s1. The second-order valence-corrected chi connectivity index (χ2v) is 6.70. The molecule has 0 aliphatic heterocycles. The molecule has 0 amide bonds. The van der Waals surface area contributed by atoms with E-state index >= 15 is 0 Å². The predicted molar refractivity (Wildman–Crippen MR) is 93.7 cm³/mol. The van der Waals surface area contributed by atoms with Gasteiger partial charge in [0.05, 0.1) is 33.4 Å². The zero-order chi connectivity index (χ0) is 18.2. The lowest BCUT2D eigenvalue weighted by atomic mass is 9.74. The third-order valence-corrected chi connectivity index (χ3v) is 5.51. The number of Topliss-reactive ketones (excluding diaryl/α,β-unsaturated/α-hetero) is 1. The lowest BCUT2D eigenvalue weighted by molar-refractivity contribution is -0.128. The van der Waals surface area contributed by atoms with Gasteiger partial charge >= 0.3 is 0 Å². The van der Waals surface area contributed by atoms with E-state index in [1.807, 2.05) is 18.2 Å². The van der Waals surface area contributed by atoms with Gasteiger partial charge < -0.3 is 19.3 Å². The molecule has 5 heteroatoms. The van der Waals surface area contributed by atoms with Gasteiger partial charge in [-0.2, -0.15) is 0 Å². The number of benzene rings is 1. The average Bonchev–Trinajstić information content (AvgIpc) is 2.83. The summed E-state index contributed by atoms with van der Waals surface area (Å²) in [4.78, 5) is 12.8. The van der Waals surface area contributed by atoms with Gasteiger partial charge in [-0.3, -0.25) is 4.79 Å². The summed E-state index contributed by atoms with van der Waals surface area (Å²) in [6.07, 6.45) is 4.07. The fourth-order valence-electron chi connectivity index (χ4n) is 4.30.